The maximum atomic E-state index is 3.66. The number of nitrogens with zero attached hydrogens (tertiary/aromatic N) is 2. The lowest BCUT2D eigenvalue weighted by atomic mass is 10.1. The van der Waals surface area contributed by atoms with E-state index in [0.29, 0.717) is 0 Å². The van der Waals surface area contributed by atoms with E-state index in [2.05, 4.69) is 29.2 Å². The molecule has 0 aromatic carbocycles. The first kappa shape index (κ1) is 12.3. The molecule has 1 saturated heterocycles. The molecule has 1 atom stereocenters. The van der Waals surface area contributed by atoms with Gasteiger partial charge in [0, 0.05) is 12.6 Å². The number of hydrogen-bond donors (Lipinski definition) is 1. The molecule has 0 amide bonds. The zero-order chi connectivity index (χ0) is 11.4. The van der Waals surface area contributed by atoms with Gasteiger partial charge in [-0.2, -0.15) is 0 Å². The second kappa shape index (κ2) is 5.99. The summed E-state index contributed by atoms with van der Waals surface area (Å²) >= 11 is 0. The van der Waals surface area contributed by atoms with Gasteiger partial charge in [0.05, 0.1) is 0 Å². The standard InChI is InChI=1S/C13H27N3/c1-15(2)7-3-8-16-9-6-12(11-16)10-14-13-4-5-13/h12-14H,3-11H2,1-2H3. The zero-order valence-corrected chi connectivity index (χ0v) is 10.9. The Morgan fingerprint density at radius 1 is 1.25 bits per heavy atom. The monoisotopic (exact) mass is 225 g/mol. The van der Waals surface area contributed by atoms with Crippen molar-refractivity contribution in [1.29, 1.82) is 0 Å². The Balaban J connectivity index is 1.52. The van der Waals surface area contributed by atoms with Gasteiger partial charge in [-0.05, 0) is 71.9 Å². The average molecular weight is 225 g/mol. The van der Waals surface area contributed by atoms with Crippen LogP contribution in [0.5, 0.6) is 0 Å². The number of hydrogen-bond acceptors (Lipinski definition) is 3. The molecule has 1 unspecified atom stereocenters. The van der Waals surface area contributed by atoms with Crippen molar-refractivity contribution < 1.29 is 0 Å². The fourth-order valence-electron chi connectivity index (χ4n) is 2.51. The fourth-order valence-corrected chi connectivity index (χ4v) is 2.51. The topological polar surface area (TPSA) is 18.5 Å². The summed E-state index contributed by atoms with van der Waals surface area (Å²) in [5.41, 5.74) is 0. The quantitative estimate of drug-likeness (QED) is 0.698. The van der Waals surface area contributed by atoms with E-state index in [0.717, 1.165) is 12.0 Å². The molecule has 94 valence electrons. The number of rotatable bonds is 7. The first-order valence-electron chi connectivity index (χ1n) is 6.84. The zero-order valence-electron chi connectivity index (χ0n) is 10.9. The molecule has 0 bridgehead atoms. The largest absolute Gasteiger partial charge is 0.314 e. The van der Waals surface area contributed by atoms with Crippen molar-refractivity contribution in [1.82, 2.24) is 15.1 Å². The van der Waals surface area contributed by atoms with E-state index in [1.54, 1.807) is 0 Å². The first-order chi connectivity index (χ1) is 7.74. The van der Waals surface area contributed by atoms with E-state index >= 15 is 0 Å². The van der Waals surface area contributed by atoms with Gasteiger partial charge < -0.3 is 15.1 Å². The highest BCUT2D eigenvalue weighted by atomic mass is 15.2. The molecule has 0 aromatic rings. The van der Waals surface area contributed by atoms with E-state index in [-0.39, 0.29) is 0 Å². The van der Waals surface area contributed by atoms with Gasteiger partial charge in [-0.1, -0.05) is 0 Å². The normalized spacial score (nSPS) is 26.8. The molecule has 16 heavy (non-hydrogen) atoms. The Hall–Kier alpha value is -0.120. The van der Waals surface area contributed by atoms with Crippen LogP contribution in [-0.4, -0.2) is 62.7 Å². The summed E-state index contributed by atoms with van der Waals surface area (Å²) in [4.78, 5) is 4.92. The van der Waals surface area contributed by atoms with Crippen molar-refractivity contribution in [3.05, 3.63) is 0 Å². The van der Waals surface area contributed by atoms with Gasteiger partial charge in [0.2, 0.25) is 0 Å². The van der Waals surface area contributed by atoms with Gasteiger partial charge in [0.1, 0.15) is 0 Å². The summed E-state index contributed by atoms with van der Waals surface area (Å²) in [6.45, 7) is 6.42. The number of nitrogens with one attached hydrogen (secondary N) is 1. The Bertz CT molecular complexity index is 201. The molecule has 0 spiro atoms. The van der Waals surface area contributed by atoms with Crippen LogP contribution < -0.4 is 5.32 Å². The van der Waals surface area contributed by atoms with Gasteiger partial charge in [-0.3, -0.25) is 0 Å². The second-order valence-corrected chi connectivity index (χ2v) is 5.79. The van der Waals surface area contributed by atoms with E-state index < -0.39 is 0 Å². The predicted molar refractivity (Wildman–Crippen MR) is 68.7 cm³/mol. The lowest BCUT2D eigenvalue weighted by molar-refractivity contribution is 0.292. The van der Waals surface area contributed by atoms with E-state index in [9.17, 15) is 0 Å². The van der Waals surface area contributed by atoms with Crippen LogP contribution in [0.2, 0.25) is 0 Å². The van der Waals surface area contributed by atoms with Crippen molar-refractivity contribution in [2.75, 3.05) is 46.8 Å². The summed E-state index contributed by atoms with van der Waals surface area (Å²) in [5.74, 6) is 0.917. The number of likely N-dealkylation sites (tertiary alicyclic amines) is 1. The molecule has 1 aliphatic carbocycles. The summed E-state index contributed by atoms with van der Waals surface area (Å²) in [7, 11) is 4.32. The summed E-state index contributed by atoms with van der Waals surface area (Å²) in [5, 5.41) is 3.66. The molecule has 1 heterocycles. The molecular weight excluding hydrogens is 198 g/mol. The minimum Gasteiger partial charge on any atom is -0.314 e. The average Bonchev–Trinajstić information content (AvgIpc) is 2.96. The van der Waals surface area contributed by atoms with Crippen molar-refractivity contribution >= 4 is 0 Å². The molecule has 2 aliphatic rings. The Labute approximate surface area is 100 Å². The molecule has 0 radical (unpaired) electrons. The fraction of sp³-hybridized carbons (Fsp3) is 1.00. The molecular formula is C13H27N3. The van der Waals surface area contributed by atoms with Crippen LogP contribution in [0.25, 0.3) is 0 Å². The second-order valence-electron chi connectivity index (χ2n) is 5.79. The third-order valence-corrected chi connectivity index (χ3v) is 3.72. The SMILES string of the molecule is CN(C)CCCN1CCC(CNC2CC2)C1. The van der Waals surface area contributed by atoms with Gasteiger partial charge in [-0.15, -0.1) is 0 Å². The van der Waals surface area contributed by atoms with Crippen molar-refractivity contribution in [2.24, 2.45) is 5.92 Å². The van der Waals surface area contributed by atoms with Crippen LogP contribution in [-0.2, 0) is 0 Å². The lowest BCUT2D eigenvalue weighted by Crippen LogP contribution is -2.29. The molecule has 3 nitrogen and oxygen atoms in total. The molecule has 1 N–H and O–H groups in total. The molecule has 0 aromatic heterocycles. The van der Waals surface area contributed by atoms with Gasteiger partial charge in [-0.25, -0.2) is 0 Å². The summed E-state index contributed by atoms with van der Waals surface area (Å²) < 4.78 is 0. The van der Waals surface area contributed by atoms with Crippen LogP contribution in [0.1, 0.15) is 25.7 Å². The van der Waals surface area contributed by atoms with Gasteiger partial charge in [0.15, 0.2) is 0 Å². The first-order valence-corrected chi connectivity index (χ1v) is 6.84. The predicted octanol–water partition coefficient (Wildman–Crippen LogP) is 1.01. The van der Waals surface area contributed by atoms with E-state index in [1.165, 1.54) is 58.4 Å². The van der Waals surface area contributed by atoms with Crippen molar-refractivity contribution in [3.63, 3.8) is 0 Å². The highest BCUT2D eigenvalue weighted by Crippen LogP contribution is 2.21. The van der Waals surface area contributed by atoms with Crippen molar-refractivity contribution in [2.45, 2.75) is 31.7 Å². The third kappa shape index (κ3) is 4.40. The van der Waals surface area contributed by atoms with Gasteiger partial charge in [0.25, 0.3) is 0 Å². The highest BCUT2D eigenvalue weighted by molar-refractivity contribution is 4.84. The van der Waals surface area contributed by atoms with E-state index in [4.69, 9.17) is 0 Å². The summed E-state index contributed by atoms with van der Waals surface area (Å²) in [6.07, 6.45) is 5.55. The molecule has 1 aliphatic heterocycles. The third-order valence-electron chi connectivity index (χ3n) is 3.72. The Kier molecular flexibility index (Phi) is 4.62. The molecule has 3 heteroatoms. The van der Waals surface area contributed by atoms with Crippen LogP contribution in [0, 0.1) is 5.92 Å². The minimum atomic E-state index is 0.878. The van der Waals surface area contributed by atoms with Crippen LogP contribution in [0.3, 0.4) is 0 Å². The smallest absolute Gasteiger partial charge is 0.00683 e. The van der Waals surface area contributed by atoms with E-state index in [1.807, 2.05) is 0 Å². The molecule has 2 fully saturated rings. The Morgan fingerprint density at radius 3 is 2.75 bits per heavy atom. The summed E-state index contributed by atoms with van der Waals surface area (Å²) in [6, 6.07) is 0.878. The van der Waals surface area contributed by atoms with Crippen LogP contribution >= 0.6 is 0 Å². The maximum absolute atomic E-state index is 3.66. The Morgan fingerprint density at radius 2 is 2.06 bits per heavy atom. The molecule has 2 rings (SSSR count). The lowest BCUT2D eigenvalue weighted by Gasteiger charge is -2.17. The van der Waals surface area contributed by atoms with Crippen molar-refractivity contribution in [3.8, 4) is 0 Å². The highest BCUT2D eigenvalue weighted by Gasteiger charge is 2.25. The van der Waals surface area contributed by atoms with Crippen LogP contribution in [0.4, 0.5) is 0 Å². The molecule has 1 saturated carbocycles. The minimum absolute atomic E-state index is 0.878. The maximum Gasteiger partial charge on any atom is 0.00683 e. The van der Waals surface area contributed by atoms with Gasteiger partial charge >= 0.3 is 0 Å². The van der Waals surface area contributed by atoms with Crippen LogP contribution in [0.15, 0.2) is 0 Å².